The first kappa shape index (κ1) is 21.3. The van der Waals surface area contributed by atoms with Gasteiger partial charge in [-0.15, -0.1) is 13.2 Å². The van der Waals surface area contributed by atoms with Crippen molar-refractivity contribution in [3.8, 4) is 11.5 Å². The third-order valence-electron chi connectivity index (χ3n) is 3.82. The minimum absolute atomic E-state index is 0.0399. The van der Waals surface area contributed by atoms with Crippen molar-refractivity contribution >= 4 is 39.9 Å². The average Bonchev–Trinajstić information content (AvgIpc) is 3.02. The molecular weight excluding hydrogens is 434 g/mol. The van der Waals surface area contributed by atoms with Crippen molar-refractivity contribution in [1.82, 2.24) is 15.0 Å². The topological polar surface area (TPSA) is 98.1 Å². The van der Waals surface area contributed by atoms with E-state index in [9.17, 15) is 13.2 Å². The molecule has 0 spiro atoms. The molecule has 2 aromatic heterocycles. The van der Waals surface area contributed by atoms with Crippen LogP contribution < -0.4 is 20.5 Å². The van der Waals surface area contributed by atoms with Crippen LogP contribution in [0.4, 0.5) is 19.0 Å². The fourth-order valence-electron chi connectivity index (χ4n) is 2.69. The van der Waals surface area contributed by atoms with Crippen LogP contribution in [0.5, 0.6) is 11.5 Å². The van der Waals surface area contributed by atoms with Gasteiger partial charge in [0.1, 0.15) is 12.4 Å². The van der Waals surface area contributed by atoms with Gasteiger partial charge in [0.05, 0.1) is 0 Å². The first-order valence-electron chi connectivity index (χ1n) is 8.42. The van der Waals surface area contributed by atoms with E-state index in [0.717, 1.165) is 10.9 Å². The van der Waals surface area contributed by atoms with Gasteiger partial charge in [0.2, 0.25) is 5.28 Å². The molecule has 0 radical (unpaired) electrons. The van der Waals surface area contributed by atoms with Gasteiger partial charge < -0.3 is 25.5 Å². The van der Waals surface area contributed by atoms with Gasteiger partial charge in [0.25, 0.3) is 0 Å². The van der Waals surface area contributed by atoms with Crippen LogP contribution in [-0.2, 0) is 6.42 Å². The number of aromatic amines is 1. The van der Waals surface area contributed by atoms with Crippen molar-refractivity contribution in [2.75, 3.05) is 25.0 Å². The van der Waals surface area contributed by atoms with Crippen molar-refractivity contribution in [2.24, 2.45) is 5.73 Å². The molecule has 29 heavy (non-hydrogen) atoms. The molecular formula is C17H16Cl2F3N5O2. The predicted octanol–water partition coefficient (Wildman–Crippen LogP) is 4.16. The molecule has 0 aliphatic carbocycles. The van der Waals surface area contributed by atoms with Gasteiger partial charge in [-0.25, -0.2) is 4.98 Å². The lowest BCUT2D eigenvalue weighted by Crippen LogP contribution is -2.16. The maximum Gasteiger partial charge on any atom is 0.573 e. The van der Waals surface area contributed by atoms with Crippen molar-refractivity contribution < 1.29 is 22.6 Å². The molecule has 0 aliphatic rings. The van der Waals surface area contributed by atoms with Gasteiger partial charge in [0, 0.05) is 36.3 Å². The maximum atomic E-state index is 12.4. The molecule has 0 fully saturated rings. The number of halogens is 5. The number of alkyl halides is 3. The number of hydrogen-bond donors (Lipinski definition) is 3. The van der Waals surface area contributed by atoms with Crippen LogP contribution in [0.25, 0.3) is 10.9 Å². The number of hydrogen-bond acceptors (Lipinski definition) is 6. The number of aromatic nitrogens is 3. The quantitative estimate of drug-likeness (QED) is 0.352. The highest BCUT2D eigenvalue weighted by Crippen LogP contribution is 2.32. The molecule has 0 saturated heterocycles. The van der Waals surface area contributed by atoms with E-state index in [4.69, 9.17) is 33.7 Å². The number of H-pyrrole nitrogens is 1. The summed E-state index contributed by atoms with van der Waals surface area (Å²) in [6, 6.07) is 4.13. The van der Waals surface area contributed by atoms with E-state index < -0.39 is 6.36 Å². The standard InChI is InChI=1S/C17H16Cl2F3N5O2/c18-14-13(28-6-4-23)15(27-16(19)26-14)24-5-3-9-8-25-12-7-10(1-2-11(9)12)29-17(20,21)22/h1-2,7-8,25H,3-6,23H2,(H,24,26,27). The summed E-state index contributed by atoms with van der Waals surface area (Å²) in [6.45, 7) is 0.939. The highest BCUT2D eigenvalue weighted by Gasteiger charge is 2.31. The number of nitrogens with two attached hydrogens (primary N) is 1. The molecule has 0 amide bonds. The zero-order chi connectivity index (χ0) is 21.0. The molecule has 2 heterocycles. The first-order valence-corrected chi connectivity index (χ1v) is 9.18. The molecule has 3 aromatic rings. The molecule has 4 N–H and O–H groups in total. The molecule has 0 aliphatic heterocycles. The van der Waals surface area contributed by atoms with Crippen LogP contribution >= 0.6 is 23.2 Å². The normalized spacial score (nSPS) is 11.7. The van der Waals surface area contributed by atoms with E-state index in [0.29, 0.717) is 24.3 Å². The Morgan fingerprint density at radius 2 is 2.00 bits per heavy atom. The summed E-state index contributed by atoms with van der Waals surface area (Å²) in [4.78, 5) is 10.9. The lowest BCUT2D eigenvalue weighted by molar-refractivity contribution is -0.274. The minimum Gasteiger partial charge on any atom is -0.486 e. The summed E-state index contributed by atoms with van der Waals surface area (Å²) >= 11 is 11.9. The van der Waals surface area contributed by atoms with Gasteiger partial charge in [0.15, 0.2) is 16.7 Å². The van der Waals surface area contributed by atoms with Gasteiger partial charge in [-0.05, 0) is 35.7 Å². The summed E-state index contributed by atoms with van der Waals surface area (Å²) in [7, 11) is 0. The van der Waals surface area contributed by atoms with E-state index in [2.05, 4.69) is 25.0 Å². The molecule has 0 bridgehead atoms. The van der Waals surface area contributed by atoms with Crippen LogP contribution in [0, 0.1) is 0 Å². The Morgan fingerprint density at radius 3 is 2.72 bits per heavy atom. The van der Waals surface area contributed by atoms with Crippen LogP contribution in [0.15, 0.2) is 24.4 Å². The lowest BCUT2D eigenvalue weighted by atomic mass is 10.1. The number of nitrogens with one attached hydrogen (secondary N) is 2. The average molecular weight is 450 g/mol. The number of fused-ring (bicyclic) bond motifs is 1. The fraction of sp³-hybridized carbons (Fsp3) is 0.294. The van der Waals surface area contributed by atoms with Gasteiger partial charge in [-0.1, -0.05) is 11.6 Å². The van der Waals surface area contributed by atoms with Gasteiger partial charge >= 0.3 is 6.36 Å². The molecule has 0 unspecified atom stereocenters. The lowest BCUT2D eigenvalue weighted by Gasteiger charge is -2.13. The Labute approximate surface area is 173 Å². The van der Waals surface area contributed by atoms with Crippen LogP contribution in [0.2, 0.25) is 10.4 Å². The highest BCUT2D eigenvalue weighted by molar-refractivity contribution is 6.33. The molecule has 12 heteroatoms. The van der Waals surface area contributed by atoms with E-state index in [1.807, 2.05) is 0 Å². The summed E-state index contributed by atoms with van der Waals surface area (Å²) in [5.74, 6) is 0.280. The SMILES string of the molecule is NCCOc1c(Cl)nc(Cl)nc1NCCc1c[nH]c2cc(OC(F)(F)F)ccc12. The van der Waals surface area contributed by atoms with E-state index >= 15 is 0 Å². The Morgan fingerprint density at radius 1 is 1.21 bits per heavy atom. The Hall–Kier alpha value is -2.43. The van der Waals surface area contributed by atoms with Crippen LogP contribution in [0.3, 0.4) is 0 Å². The molecule has 0 saturated carbocycles. The van der Waals surface area contributed by atoms with Crippen molar-refractivity contribution in [1.29, 1.82) is 0 Å². The molecule has 7 nitrogen and oxygen atoms in total. The Balaban J connectivity index is 1.70. The third-order valence-corrected chi connectivity index (χ3v) is 4.25. The second-order valence-corrected chi connectivity index (χ2v) is 6.54. The summed E-state index contributed by atoms with van der Waals surface area (Å²) in [6.07, 6.45) is -2.48. The smallest absolute Gasteiger partial charge is 0.486 e. The van der Waals surface area contributed by atoms with E-state index in [1.165, 1.54) is 12.1 Å². The zero-order valence-electron chi connectivity index (χ0n) is 14.8. The molecule has 0 atom stereocenters. The monoisotopic (exact) mass is 449 g/mol. The predicted molar refractivity (Wildman–Crippen MR) is 104 cm³/mol. The number of ether oxygens (including phenoxy) is 2. The number of nitrogens with zero attached hydrogens (tertiary/aromatic N) is 2. The summed E-state index contributed by atoms with van der Waals surface area (Å²) in [5, 5.41) is 3.87. The van der Waals surface area contributed by atoms with Crippen molar-refractivity contribution in [3.05, 3.63) is 40.4 Å². The van der Waals surface area contributed by atoms with Crippen molar-refractivity contribution in [2.45, 2.75) is 12.8 Å². The third kappa shape index (κ3) is 5.55. The van der Waals surface area contributed by atoms with Gasteiger partial charge in [-0.3, -0.25) is 0 Å². The Bertz CT molecular complexity index is 997. The largest absolute Gasteiger partial charge is 0.573 e. The second-order valence-electron chi connectivity index (χ2n) is 5.84. The fourth-order valence-corrected chi connectivity index (χ4v) is 3.13. The van der Waals surface area contributed by atoms with Crippen LogP contribution in [-0.4, -0.2) is 41.0 Å². The number of anilines is 1. The maximum absolute atomic E-state index is 12.4. The molecule has 3 rings (SSSR count). The number of benzene rings is 1. The van der Waals surface area contributed by atoms with Crippen LogP contribution in [0.1, 0.15) is 5.56 Å². The molecule has 1 aromatic carbocycles. The van der Waals surface area contributed by atoms with Crippen molar-refractivity contribution in [3.63, 3.8) is 0 Å². The van der Waals surface area contributed by atoms with Gasteiger partial charge in [-0.2, -0.15) is 4.98 Å². The zero-order valence-corrected chi connectivity index (χ0v) is 16.3. The van der Waals surface area contributed by atoms with E-state index in [-0.39, 0.29) is 35.1 Å². The highest BCUT2D eigenvalue weighted by atomic mass is 35.5. The first-order chi connectivity index (χ1) is 13.8. The number of rotatable bonds is 8. The summed E-state index contributed by atoms with van der Waals surface area (Å²) < 4.78 is 46.5. The second kappa shape index (κ2) is 8.93. The molecule has 156 valence electrons. The minimum atomic E-state index is -4.74. The van der Waals surface area contributed by atoms with E-state index in [1.54, 1.807) is 12.3 Å². The Kier molecular flexibility index (Phi) is 6.56. The summed E-state index contributed by atoms with van der Waals surface area (Å²) in [5.41, 5.74) is 6.86.